The summed E-state index contributed by atoms with van der Waals surface area (Å²) >= 11 is 0. The highest BCUT2D eigenvalue weighted by Crippen LogP contribution is 2.44. The minimum Gasteiger partial charge on any atom is -0.481 e. The van der Waals surface area contributed by atoms with Gasteiger partial charge in [0.25, 0.3) is 0 Å². The van der Waals surface area contributed by atoms with Gasteiger partial charge >= 0.3 is 0 Å². The van der Waals surface area contributed by atoms with E-state index in [4.69, 9.17) is 14.0 Å². The van der Waals surface area contributed by atoms with Crippen molar-refractivity contribution in [1.29, 1.82) is 0 Å². The van der Waals surface area contributed by atoms with Crippen LogP contribution in [0.1, 0.15) is 29.7 Å². The summed E-state index contributed by atoms with van der Waals surface area (Å²) in [6.45, 7) is 6.21. The molecule has 0 aromatic carbocycles. The van der Waals surface area contributed by atoms with Gasteiger partial charge in [-0.25, -0.2) is 4.98 Å². The van der Waals surface area contributed by atoms with Crippen molar-refractivity contribution in [3.63, 3.8) is 0 Å². The summed E-state index contributed by atoms with van der Waals surface area (Å²) in [5.74, 6) is 0.674. The van der Waals surface area contributed by atoms with Crippen molar-refractivity contribution in [3.05, 3.63) is 41.4 Å². The highest BCUT2D eigenvalue weighted by atomic mass is 16.5. The van der Waals surface area contributed by atoms with Crippen LogP contribution in [0.15, 0.2) is 29.1 Å². The number of hydrogen-bond donors (Lipinski definition) is 1. The first kappa shape index (κ1) is 19.8. The van der Waals surface area contributed by atoms with Gasteiger partial charge < -0.3 is 19.3 Å². The number of pyridine rings is 1. The van der Waals surface area contributed by atoms with Gasteiger partial charge in [0.15, 0.2) is 0 Å². The summed E-state index contributed by atoms with van der Waals surface area (Å²) in [5, 5.41) is 6.92. The third-order valence-corrected chi connectivity index (χ3v) is 6.14. The molecule has 2 aliphatic heterocycles. The molecule has 4 heterocycles. The fourth-order valence-corrected chi connectivity index (χ4v) is 4.65. The Kier molecular flexibility index (Phi) is 5.82. The van der Waals surface area contributed by atoms with E-state index in [1.807, 2.05) is 13.1 Å². The fraction of sp³-hybridized carbons (Fsp3) is 0.571. The van der Waals surface area contributed by atoms with Crippen LogP contribution < -0.4 is 10.1 Å². The predicted molar refractivity (Wildman–Crippen MR) is 105 cm³/mol. The number of aromatic nitrogens is 2. The zero-order valence-corrected chi connectivity index (χ0v) is 17.0. The Morgan fingerprint density at radius 3 is 2.93 bits per heavy atom. The molecule has 156 valence electrons. The zero-order chi connectivity index (χ0) is 20.3. The van der Waals surface area contributed by atoms with Crippen LogP contribution in [-0.4, -0.2) is 54.4 Å². The molecule has 2 aliphatic rings. The second-order valence-corrected chi connectivity index (χ2v) is 8.08. The number of carbonyl (C=O) groups is 1. The summed E-state index contributed by atoms with van der Waals surface area (Å²) in [6, 6.07) is 3.88. The summed E-state index contributed by atoms with van der Waals surface area (Å²) < 4.78 is 15.7. The lowest BCUT2D eigenvalue weighted by atomic mass is 9.72. The molecule has 2 aromatic heterocycles. The summed E-state index contributed by atoms with van der Waals surface area (Å²) in [5.41, 5.74) is 2.84. The Hall–Kier alpha value is -2.45. The highest BCUT2D eigenvalue weighted by Gasteiger charge is 2.50. The smallest absolute Gasteiger partial charge is 0.225 e. The topological polar surface area (TPSA) is 89.7 Å². The molecule has 4 rings (SSSR count). The Balaban J connectivity index is 1.46. The van der Waals surface area contributed by atoms with Gasteiger partial charge in [-0.2, -0.15) is 0 Å². The molecule has 1 amide bonds. The molecule has 2 saturated heterocycles. The third-order valence-electron chi connectivity index (χ3n) is 6.14. The first-order valence-corrected chi connectivity index (χ1v) is 10.1. The number of nitrogens with one attached hydrogen (secondary N) is 1. The van der Waals surface area contributed by atoms with Gasteiger partial charge in [-0.15, -0.1) is 0 Å². The molecule has 1 atom stereocenters. The second kappa shape index (κ2) is 8.51. The van der Waals surface area contributed by atoms with Crippen molar-refractivity contribution in [2.45, 2.75) is 32.9 Å². The lowest BCUT2D eigenvalue weighted by Gasteiger charge is -2.37. The third kappa shape index (κ3) is 4.28. The Bertz CT molecular complexity index is 833. The Morgan fingerprint density at radius 1 is 1.41 bits per heavy atom. The maximum atomic E-state index is 13.1. The highest BCUT2D eigenvalue weighted by molar-refractivity contribution is 5.80. The quantitative estimate of drug-likeness (QED) is 0.792. The number of aryl methyl sites for hydroxylation is 1. The molecule has 0 aliphatic carbocycles. The maximum Gasteiger partial charge on any atom is 0.225 e. The molecule has 8 nitrogen and oxygen atoms in total. The van der Waals surface area contributed by atoms with Crippen LogP contribution in [0.3, 0.4) is 0 Å². The van der Waals surface area contributed by atoms with Gasteiger partial charge in [0.2, 0.25) is 11.8 Å². The molecule has 0 bridgehead atoms. The van der Waals surface area contributed by atoms with Crippen molar-refractivity contribution >= 4 is 5.91 Å². The van der Waals surface area contributed by atoms with E-state index in [1.54, 1.807) is 13.2 Å². The molecule has 2 fully saturated rings. The molecule has 1 N–H and O–H groups in total. The minimum absolute atomic E-state index is 0.0406. The molecule has 1 spiro atoms. The lowest BCUT2D eigenvalue weighted by molar-refractivity contribution is -0.130. The SMILES string of the molecule is COc1ncc(CN2C[C@@H](C(=O)NCc3ccon3)C3(CCOCC3)C2)cc1C. The minimum atomic E-state index is -0.0643. The van der Waals surface area contributed by atoms with Crippen LogP contribution in [0.5, 0.6) is 5.88 Å². The fourth-order valence-electron chi connectivity index (χ4n) is 4.65. The molecule has 0 saturated carbocycles. The van der Waals surface area contributed by atoms with Crippen LogP contribution in [0.25, 0.3) is 0 Å². The molecule has 29 heavy (non-hydrogen) atoms. The number of carbonyl (C=O) groups excluding carboxylic acids is 1. The van der Waals surface area contributed by atoms with Crippen LogP contribution in [0, 0.1) is 18.3 Å². The normalized spacial score (nSPS) is 21.4. The number of rotatable bonds is 6. The van der Waals surface area contributed by atoms with Crippen LogP contribution in [0.2, 0.25) is 0 Å². The van der Waals surface area contributed by atoms with Crippen molar-refractivity contribution in [2.24, 2.45) is 11.3 Å². The van der Waals surface area contributed by atoms with Gasteiger partial charge in [-0.1, -0.05) is 5.16 Å². The maximum absolute atomic E-state index is 13.1. The van der Waals surface area contributed by atoms with Crippen LogP contribution >= 0.6 is 0 Å². The van der Waals surface area contributed by atoms with Crippen molar-refractivity contribution in [1.82, 2.24) is 20.4 Å². The summed E-state index contributed by atoms with van der Waals surface area (Å²) in [6.07, 6.45) is 5.20. The van der Waals surface area contributed by atoms with Crippen molar-refractivity contribution < 1.29 is 18.8 Å². The van der Waals surface area contributed by atoms with E-state index < -0.39 is 0 Å². The second-order valence-electron chi connectivity index (χ2n) is 8.08. The van der Waals surface area contributed by atoms with Gasteiger partial charge in [0.1, 0.15) is 12.0 Å². The van der Waals surface area contributed by atoms with Crippen LogP contribution in [-0.2, 0) is 22.6 Å². The average Bonchev–Trinajstić information content (AvgIpc) is 3.35. The number of methoxy groups -OCH3 is 1. The van der Waals surface area contributed by atoms with Gasteiger partial charge in [-0.3, -0.25) is 9.69 Å². The van der Waals surface area contributed by atoms with E-state index in [9.17, 15) is 4.79 Å². The first-order chi connectivity index (χ1) is 14.1. The largest absolute Gasteiger partial charge is 0.481 e. The average molecular weight is 400 g/mol. The van der Waals surface area contributed by atoms with Gasteiger partial charge in [-0.05, 0) is 31.4 Å². The van der Waals surface area contributed by atoms with Gasteiger partial charge in [0.05, 0.1) is 19.6 Å². The zero-order valence-electron chi connectivity index (χ0n) is 17.0. The molecule has 2 aromatic rings. The molecule has 8 heteroatoms. The van der Waals surface area contributed by atoms with E-state index in [1.165, 1.54) is 6.26 Å². The lowest BCUT2D eigenvalue weighted by Crippen LogP contribution is -2.44. The number of hydrogen-bond acceptors (Lipinski definition) is 7. The number of amides is 1. The Morgan fingerprint density at radius 2 is 2.24 bits per heavy atom. The Labute approximate surface area is 170 Å². The van der Waals surface area contributed by atoms with Gasteiger partial charge in [0, 0.05) is 56.1 Å². The standard InChI is InChI=1S/C21H28N4O4/c1-15-9-16(10-23-20(15)27-2)12-25-13-18(21(14-25)4-7-28-8-5-21)19(26)22-11-17-3-6-29-24-17/h3,6,9-10,18H,4-5,7-8,11-14H2,1-2H3,(H,22,26)/t18-/m0/s1. The number of nitrogens with zero attached hydrogens (tertiary/aromatic N) is 3. The van der Waals surface area contributed by atoms with Crippen molar-refractivity contribution in [2.75, 3.05) is 33.4 Å². The van der Waals surface area contributed by atoms with E-state index in [2.05, 4.69) is 26.4 Å². The van der Waals surface area contributed by atoms with E-state index in [0.717, 1.165) is 49.3 Å². The molecule has 0 unspecified atom stereocenters. The van der Waals surface area contributed by atoms with E-state index >= 15 is 0 Å². The summed E-state index contributed by atoms with van der Waals surface area (Å²) in [4.78, 5) is 19.8. The summed E-state index contributed by atoms with van der Waals surface area (Å²) in [7, 11) is 1.63. The number of likely N-dealkylation sites (tertiary alicyclic amines) is 1. The molecular weight excluding hydrogens is 372 g/mol. The predicted octanol–water partition coefficient (Wildman–Crippen LogP) is 1.93. The monoisotopic (exact) mass is 400 g/mol. The number of ether oxygens (including phenoxy) is 2. The first-order valence-electron chi connectivity index (χ1n) is 10.1. The molecule has 0 radical (unpaired) electrons. The van der Waals surface area contributed by atoms with Crippen molar-refractivity contribution in [3.8, 4) is 5.88 Å². The van der Waals surface area contributed by atoms with Crippen LogP contribution in [0.4, 0.5) is 0 Å². The van der Waals surface area contributed by atoms with E-state index in [-0.39, 0.29) is 17.2 Å². The van der Waals surface area contributed by atoms with E-state index in [0.29, 0.717) is 25.6 Å². The molecular formula is C21H28N4O4.